The van der Waals surface area contributed by atoms with Crippen molar-refractivity contribution in [3.8, 4) is 0 Å². The Balaban J connectivity index is 2.37. The Hall–Kier alpha value is 0. The topological polar surface area (TPSA) is 0 Å². The van der Waals surface area contributed by atoms with Crippen LogP contribution in [0.25, 0.3) is 0 Å². The lowest BCUT2D eigenvalue weighted by atomic mass is 9.59. The van der Waals surface area contributed by atoms with Crippen molar-refractivity contribution in [2.24, 2.45) is 23.7 Å². The van der Waals surface area contributed by atoms with Crippen molar-refractivity contribution in [1.29, 1.82) is 0 Å². The Kier molecular flexibility index (Phi) is 3.61. The summed E-state index contributed by atoms with van der Waals surface area (Å²) < 4.78 is 0. The molecule has 0 bridgehead atoms. The number of hydrogen-bond acceptors (Lipinski definition) is 0. The summed E-state index contributed by atoms with van der Waals surface area (Å²) >= 11 is 0. The minimum Gasteiger partial charge on any atom is -0.0654 e. The van der Waals surface area contributed by atoms with Crippen LogP contribution < -0.4 is 0 Å². The molecule has 72 valence electrons. The van der Waals surface area contributed by atoms with E-state index in [4.69, 9.17) is 0 Å². The van der Waals surface area contributed by atoms with Crippen molar-refractivity contribution in [2.45, 2.75) is 53.4 Å². The summed E-state index contributed by atoms with van der Waals surface area (Å²) in [7, 11) is 0. The van der Waals surface area contributed by atoms with Gasteiger partial charge >= 0.3 is 0 Å². The molecule has 1 saturated carbocycles. The van der Waals surface area contributed by atoms with E-state index in [2.05, 4.69) is 27.7 Å². The molecule has 12 heavy (non-hydrogen) atoms. The molecule has 4 atom stereocenters. The van der Waals surface area contributed by atoms with Gasteiger partial charge in [-0.25, -0.2) is 0 Å². The highest BCUT2D eigenvalue weighted by atomic mass is 14.4. The average Bonchev–Trinajstić information content (AvgIpc) is 2.00. The van der Waals surface area contributed by atoms with Gasteiger partial charge in [0.25, 0.3) is 0 Å². The molecule has 0 aromatic carbocycles. The van der Waals surface area contributed by atoms with Gasteiger partial charge in [0.15, 0.2) is 0 Å². The summed E-state index contributed by atoms with van der Waals surface area (Å²) in [5.74, 6) is 4.09. The molecule has 1 aliphatic carbocycles. The lowest BCUT2D eigenvalue weighted by molar-refractivity contribution is 0.0302. The van der Waals surface area contributed by atoms with Crippen LogP contribution >= 0.6 is 0 Å². The van der Waals surface area contributed by atoms with Gasteiger partial charge in [0, 0.05) is 0 Å². The summed E-state index contributed by atoms with van der Waals surface area (Å²) in [4.78, 5) is 0. The van der Waals surface area contributed by atoms with Gasteiger partial charge in [-0.2, -0.15) is 0 Å². The van der Waals surface area contributed by atoms with Crippen LogP contribution in [0.4, 0.5) is 0 Å². The maximum absolute atomic E-state index is 2.45. The largest absolute Gasteiger partial charge is 0.0654 e. The van der Waals surface area contributed by atoms with E-state index in [1.54, 1.807) is 0 Å². The van der Waals surface area contributed by atoms with Crippen molar-refractivity contribution < 1.29 is 0 Å². The first kappa shape index (κ1) is 10.1. The van der Waals surface area contributed by atoms with E-state index in [-0.39, 0.29) is 0 Å². The van der Waals surface area contributed by atoms with Crippen molar-refractivity contribution in [3.05, 3.63) is 0 Å². The highest BCUT2D eigenvalue weighted by Gasteiger charge is 2.39. The lowest BCUT2D eigenvalue weighted by Crippen LogP contribution is -2.38. The lowest BCUT2D eigenvalue weighted by Gasteiger charge is -2.46. The summed E-state index contributed by atoms with van der Waals surface area (Å²) in [6, 6.07) is 0. The highest BCUT2D eigenvalue weighted by Crippen LogP contribution is 2.47. The molecule has 0 spiro atoms. The molecular weight excluding hydrogens is 144 g/mol. The monoisotopic (exact) mass is 168 g/mol. The third kappa shape index (κ3) is 1.84. The molecule has 0 N–H and O–H groups in total. The Morgan fingerprint density at radius 2 is 2.00 bits per heavy atom. The van der Waals surface area contributed by atoms with Gasteiger partial charge < -0.3 is 0 Å². The molecule has 0 heterocycles. The molecule has 0 nitrogen and oxygen atoms in total. The van der Waals surface area contributed by atoms with Gasteiger partial charge in [-0.15, -0.1) is 0 Å². The molecule has 1 aliphatic rings. The fourth-order valence-corrected chi connectivity index (χ4v) is 3.17. The molecule has 0 radical (unpaired) electrons. The standard InChI is InChI=1S/C12H24/c1-5-7-9(3)12-10(4)8-11(12)6-2/h9-12H,5-8H2,1-4H3. The zero-order valence-electron chi connectivity index (χ0n) is 9.14. The fraction of sp³-hybridized carbons (Fsp3) is 1.00. The van der Waals surface area contributed by atoms with Gasteiger partial charge in [0.1, 0.15) is 0 Å². The van der Waals surface area contributed by atoms with E-state index in [1.165, 1.54) is 25.7 Å². The Morgan fingerprint density at radius 1 is 1.33 bits per heavy atom. The molecule has 0 saturated heterocycles. The molecule has 0 aliphatic heterocycles. The summed E-state index contributed by atoms with van der Waals surface area (Å²) in [6.45, 7) is 9.54. The van der Waals surface area contributed by atoms with Crippen molar-refractivity contribution >= 4 is 0 Å². The highest BCUT2D eigenvalue weighted by molar-refractivity contribution is 4.88. The van der Waals surface area contributed by atoms with E-state index in [9.17, 15) is 0 Å². The molecule has 1 fully saturated rings. The minimum absolute atomic E-state index is 0.976. The average molecular weight is 168 g/mol. The predicted molar refractivity (Wildman–Crippen MR) is 55.1 cm³/mol. The van der Waals surface area contributed by atoms with E-state index in [0.29, 0.717) is 0 Å². The smallest absolute Gasteiger partial charge is 0.0334 e. The quantitative estimate of drug-likeness (QED) is 0.592. The van der Waals surface area contributed by atoms with Crippen molar-refractivity contribution in [1.82, 2.24) is 0 Å². The summed E-state index contributed by atoms with van der Waals surface area (Å²) in [6.07, 6.45) is 5.70. The zero-order valence-corrected chi connectivity index (χ0v) is 9.14. The Bertz CT molecular complexity index is 128. The van der Waals surface area contributed by atoms with Crippen LogP contribution in [-0.4, -0.2) is 0 Å². The zero-order chi connectivity index (χ0) is 9.14. The maximum atomic E-state index is 2.45. The van der Waals surface area contributed by atoms with Gasteiger partial charge in [-0.1, -0.05) is 47.0 Å². The molecule has 0 aromatic rings. The summed E-state index contributed by atoms with van der Waals surface area (Å²) in [5, 5.41) is 0. The first-order valence-corrected chi connectivity index (χ1v) is 5.70. The third-order valence-electron chi connectivity index (χ3n) is 3.80. The van der Waals surface area contributed by atoms with Gasteiger partial charge in [-0.05, 0) is 30.1 Å². The molecule has 0 aromatic heterocycles. The van der Waals surface area contributed by atoms with Crippen LogP contribution in [0.15, 0.2) is 0 Å². The van der Waals surface area contributed by atoms with E-state index in [1.807, 2.05) is 0 Å². The number of rotatable bonds is 4. The van der Waals surface area contributed by atoms with Gasteiger partial charge in [0.2, 0.25) is 0 Å². The predicted octanol–water partition coefficient (Wildman–Crippen LogP) is 4.10. The van der Waals surface area contributed by atoms with Gasteiger partial charge in [-0.3, -0.25) is 0 Å². The normalized spacial score (nSPS) is 37.5. The van der Waals surface area contributed by atoms with Crippen LogP contribution in [0.5, 0.6) is 0 Å². The van der Waals surface area contributed by atoms with Crippen LogP contribution in [0.2, 0.25) is 0 Å². The minimum atomic E-state index is 0.976. The molecule has 0 heteroatoms. The van der Waals surface area contributed by atoms with Crippen LogP contribution in [0.1, 0.15) is 53.4 Å². The van der Waals surface area contributed by atoms with E-state index in [0.717, 1.165) is 23.7 Å². The van der Waals surface area contributed by atoms with Crippen LogP contribution in [-0.2, 0) is 0 Å². The molecule has 1 rings (SSSR count). The second-order valence-electron chi connectivity index (χ2n) is 4.72. The van der Waals surface area contributed by atoms with Crippen molar-refractivity contribution in [3.63, 3.8) is 0 Å². The first-order valence-electron chi connectivity index (χ1n) is 5.70. The number of hydrogen-bond donors (Lipinski definition) is 0. The SMILES string of the molecule is CCCC(C)C1C(C)CC1CC. The molecule has 0 amide bonds. The van der Waals surface area contributed by atoms with E-state index < -0.39 is 0 Å². The summed E-state index contributed by atoms with van der Waals surface area (Å²) in [5.41, 5.74) is 0. The van der Waals surface area contributed by atoms with Gasteiger partial charge in [0.05, 0.1) is 0 Å². The molecule has 4 unspecified atom stereocenters. The van der Waals surface area contributed by atoms with E-state index >= 15 is 0 Å². The van der Waals surface area contributed by atoms with Crippen molar-refractivity contribution in [2.75, 3.05) is 0 Å². The van der Waals surface area contributed by atoms with Crippen LogP contribution in [0.3, 0.4) is 0 Å². The second kappa shape index (κ2) is 4.30. The van der Waals surface area contributed by atoms with Crippen LogP contribution in [0, 0.1) is 23.7 Å². The Morgan fingerprint density at radius 3 is 2.42 bits per heavy atom. The Labute approximate surface area is 77.7 Å². The second-order valence-corrected chi connectivity index (χ2v) is 4.72. The fourth-order valence-electron chi connectivity index (χ4n) is 3.17. The molecular formula is C12H24. The first-order chi connectivity index (χ1) is 5.70. The maximum Gasteiger partial charge on any atom is -0.0334 e. The third-order valence-corrected chi connectivity index (χ3v) is 3.80.